The lowest BCUT2D eigenvalue weighted by atomic mass is 10.3. The van der Waals surface area contributed by atoms with Gasteiger partial charge in [0.15, 0.2) is 0 Å². The van der Waals surface area contributed by atoms with Crippen molar-refractivity contribution in [2.45, 2.75) is 13.0 Å². The first-order valence-corrected chi connectivity index (χ1v) is 7.24. The van der Waals surface area contributed by atoms with Crippen molar-refractivity contribution in [2.24, 2.45) is 7.05 Å². The van der Waals surface area contributed by atoms with E-state index in [0.29, 0.717) is 0 Å². The summed E-state index contributed by atoms with van der Waals surface area (Å²) >= 11 is 3.45. The molecular formula is C15H15BrN4. The van der Waals surface area contributed by atoms with Gasteiger partial charge in [-0.2, -0.15) is 0 Å². The molecule has 5 heteroatoms. The zero-order valence-electron chi connectivity index (χ0n) is 11.3. The summed E-state index contributed by atoms with van der Waals surface area (Å²) in [5.41, 5.74) is 3.12. The molecule has 1 aromatic carbocycles. The van der Waals surface area contributed by atoms with Crippen molar-refractivity contribution in [3.8, 4) is 0 Å². The van der Waals surface area contributed by atoms with Gasteiger partial charge in [-0.15, -0.1) is 0 Å². The van der Waals surface area contributed by atoms with Crippen LogP contribution in [0.25, 0.3) is 11.0 Å². The normalized spacial score (nSPS) is 12.6. The van der Waals surface area contributed by atoms with Crippen LogP contribution in [0.1, 0.15) is 18.8 Å². The molecule has 0 bridgehead atoms. The lowest BCUT2D eigenvalue weighted by Crippen LogP contribution is -2.12. The SMILES string of the molecule is CC(Nc1cccnc1Br)c1nc2ccccc2n1C. The number of para-hydroxylation sites is 2. The van der Waals surface area contributed by atoms with Gasteiger partial charge in [-0.05, 0) is 47.1 Å². The molecule has 102 valence electrons. The second kappa shape index (κ2) is 5.25. The highest BCUT2D eigenvalue weighted by Crippen LogP contribution is 2.25. The molecule has 1 unspecified atom stereocenters. The lowest BCUT2D eigenvalue weighted by molar-refractivity contribution is 0.733. The highest BCUT2D eigenvalue weighted by Gasteiger charge is 2.15. The second-order valence-electron chi connectivity index (χ2n) is 4.73. The quantitative estimate of drug-likeness (QED) is 0.740. The first kappa shape index (κ1) is 13.1. The van der Waals surface area contributed by atoms with E-state index >= 15 is 0 Å². The number of benzene rings is 1. The number of nitrogens with one attached hydrogen (secondary N) is 1. The molecule has 3 aromatic rings. The van der Waals surface area contributed by atoms with Gasteiger partial charge < -0.3 is 9.88 Å². The minimum atomic E-state index is 0.0906. The van der Waals surface area contributed by atoms with Crippen LogP contribution in [0.2, 0.25) is 0 Å². The van der Waals surface area contributed by atoms with Crippen LogP contribution in [0.15, 0.2) is 47.2 Å². The maximum atomic E-state index is 4.70. The Labute approximate surface area is 126 Å². The fourth-order valence-corrected chi connectivity index (χ4v) is 2.71. The smallest absolute Gasteiger partial charge is 0.131 e. The van der Waals surface area contributed by atoms with Crippen molar-refractivity contribution < 1.29 is 0 Å². The predicted molar refractivity (Wildman–Crippen MR) is 84.7 cm³/mol. The van der Waals surface area contributed by atoms with Gasteiger partial charge in [0.25, 0.3) is 0 Å². The number of pyridine rings is 1. The van der Waals surface area contributed by atoms with Crippen LogP contribution < -0.4 is 5.32 Å². The minimum absolute atomic E-state index is 0.0906. The van der Waals surface area contributed by atoms with E-state index in [2.05, 4.69) is 43.8 Å². The van der Waals surface area contributed by atoms with Crippen molar-refractivity contribution in [3.63, 3.8) is 0 Å². The van der Waals surface area contributed by atoms with Crippen LogP contribution in [-0.4, -0.2) is 14.5 Å². The van der Waals surface area contributed by atoms with Crippen LogP contribution in [0.4, 0.5) is 5.69 Å². The van der Waals surface area contributed by atoms with Gasteiger partial charge >= 0.3 is 0 Å². The summed E-state index contributed by atoms with van der Waals surface area (Å²) in [6.45, 7) is 2.10. The molecule has 0 saturated heterocycles. The van der Waals surface area contributed by atoms with Gasteiger partial charge in [-0.3, -0.25) is 0 Å². The molecule has 0 aliphatic carbocycles. The third-order valence-electron chi connectivity index (χ3n) is 3.34. The van der Waals surface area contributed by atoms with Gasteiger partial charge in [0.1, 0.15) is 10.4 Å². The summed E-state index contributed by atoms with van der Waals surface area (Å²) in [6.07, 6.45) is 1.76. The van der Waals surface area contributed by atoms with Gasteiger partial charge in [0.05, 0.1) is 22.8 Å². The van der Waals surface area contributed by atoms with Crippen molar-refractivity contribution in [3.05, 3.63) is 53.0 Å². The first-order chi connectivity index (χ1) is 9.66. The van der Waals surface area contributed by atoms with Crippen LogP contribution in [0.3, 0.4) is 0 Å². The summed E-state index contributed by atoms with van der Waals surface area (Å²) in [4.78, 5) is 8.92. The molecule has 0 saturated carbocycles. The topological polar surface area (TPSA) is 42.7 Å². The van der Waals surface area contributed by atoms with Gasteiger partial charge in [-0.25, -0.2) is 9.97 Å². The van der Waals surface area contributed by atoms with Crippen LogP contribution in [0.5, 0.6) is 0 Å². The molecule has 20 heavy (non-hydrogen) atoms. The van der Waals surface area contributed by atoms with E-state index < -0.39 is 0 Å². The Balaban J connectivity index is 1.95. The maximum Gasteiger partial charge on any atom is 0.131 e. The molecule has 0 aliphatic rings. The van der Waals surface area contributed by atoms with Gasteiger partial charge in [-0.1, -0.05) is 12.1 Å². The average molecular weight is 331 g/mol. The van der Waals surface area contributed by atoms with Gasteiger partial charge in [0.2, 0.25) is 0 Å². The number of anilines is 1. The van der Waals surface area contributed by atoms with E-state index in [9.17, 15) is 0 Å². The molecule has 0 spiro atoms. The molecule has 0 radical (unpaired) electrons. The molecule has 4 nitrogen and oxygen atoms in total. The van der Waals surface area contributed by atoms with E-state index in [-0.39, 0.29) is 6.04 Å². The van der Waals surface area contributed by atoms with E-state index in [4.69, 9.17) is 4.98 Å². The standard InChI is InChI=1S/C15H15BrN4/c1-10(18-12-7-5-9-17-14(12)16)15-19-11-6-3-4-8-13(11)20(15)2/h3-10,18H,1-2H3. The summed E-state index contributed by atoms with van der Waals surface area (Å²) in [5, 5.41) is 3.44. The second-order valence-corrected chi connectivity index (χ2v) is 5.48. The lowest BCUT2D eigenvalue weighted by Gasteiger charge is -2.15. The number of nitrogens with zero attached hydrogens (tertiary/aromatic N) is 3. The number of halogens is 1. The predicted octanol–water partition coefficient (Wildman–Crippen LogP) is 3.90. The summed E-state index contributed by atoms with van der Waals surface area (Å²) < 4.78 is 2.93. The summed E-state index contributed by atoms with van der Waals surface area (Å²) in [5.74, 6) is 1.00. The molecule has 2 aromatic heterocycles. The Morgan fingerprint density at radius 3 is 2.75 bits per heavy atom. The Morgan fingerprint density at radius 1 is 1.20 bits per heavy atom. The fraction of sp³-hybridized carbons (Fsp3) is 0.200. The third-order valence-corrected chi connectivity index (χ3v) is 3.97. The maximum absolute atomic E-state index is 4.70. The molecule has 0 fully saturated rings. The van der Waals surface area contributed by atoms with Crippen molar-refractivity contribution >= 4 is 32.7 Å². The Morgan fingerprint density at radius 2 is 2.00 bits per heavy atom. The van der Waals surface area contributed by atoms with Crippen molar-refractivity contribution in [1.82, 2.24) is 14.5 Å². The zero-order valence-corrected chi connectivity index (χ0v) is 12.9. The summed E-state index contributed by atoms with van der Waals surface area (Å²) in [6, 6.07) is 12.2. The number of imidazole rings is 1. The number of fused-ring (bicyclic) bond motifs is 1. The minimum Gasteiger partial charge on any atom is -0.373 e. The van der Waals surface area contributed by atoms with Crippen LogP contribution in [-0.2, 0) is 7.05 Å². The highest BCUT2D eigenvalue weighted by atomic mass is 79.9. The van der Waals surface area contributed by atoms with Crippen LogP contribution >= 0.6 is 15.9 Å². The van der Waals surface area contributed by atoms with Crippen molar-refractivity contribution in [1.29, 1.82) is 0 Å². The number of aryl methyl sites for hydroxylation is 1. The van der Waals surface area contributed by atoms with E-state index in [1.807, 2.05) is 37.4 Å². The molecule has 1 N–H and O–H groups in total. The number of aromatic nitrogens is 3. The molecule has 1 atom stereocenters. The third kappa shape index (κ3) is 2.29. The molecule has 0 aliphatic heterocycles. The largest absolute Gasteiger partial charge is 0.373 e. The Hall–Kier alpha value is -1.88. The van der Waals surface area contributed by atoms with Crippen LogP contribution in [0, 0.1) is 0 Å². The Bertz CT molecular complexity index is 750. The first-order valence-electron chi connectivity index (χ1n) is 6.45. The zero-order chi connectivity index (χ0) is 14.1. The van der Waals surface area contributed by atoms with E-state index in [1.165, 1.54) is 0 Å². The highest BCUT2D eigenvalue weighted by molar-refractivity contribution is 9.10. The molecular weight excluding hydrogens is 316 g/mol. The van der Waals surface area contributed by atoms with E-state index in [1.54, 1.807) is 6.20 Å². The average Bonchev–Trinajstić information content (AvgIpc) is 2.79. The van der Waals surface area contributed by atoms with Gasteiger partial charge in [0, 0.05) is 13.2 Å². The molecule has 3 rings (SSSR count). The fourth-order valence-electron chi connectivity index (χ4n) is 2.34. The number of rotatable bonds is 3. The number of hydrogen-bond acceptors (Lipinski definition) is 3. The summed E-state index contributed by atoms with van der Waals surface area (Å²) in [7, 11) is 2.04. The van der Waals surface area contributed by atoms with Crippen molar-refractivity contribution in [2.75, 3.05) is 5.32 Å². The molecule has 0 amide bonds. The molecule has 2 heterocycles. The van der Waals surface area contributed by atoms with E-state index in [0.717, 1.165) is 27.1 Å². The number of hydrogen-bond donors (Lipinski definition) is 1. The monoisotopic (exact) mass is 330 g/mol. The Kier molecular flexibility index (Phi) is 3.44.